The third kappa shape index (κ3) is 5.97. The summed E-state index contributed by atoms with van der Waals surface area (Å²) in [5, 5.41) is 23.1. The molecule has 4 rings (SSSR count). The van der Waals surface area contributed by atoms with Crippen LogP contribution in [0.5, 0.6) is 17.2 Å². The van der Waals surface area contributed by atoms with E-state index in [2.05, 4.69) is 5.32 Å². The van der Waals surface area contributed by atoms with Gasteiger partial charge in [0, 0.05) is 17.5 Å². The predicted molar refractivity (Wildman–Crippen MR) is 136 cm³/mol. The molecule has 2 atom stereocenters. The highest BCUT2D eigenvalue weighted by molar-refractivity contribution is 5.76. The van der Waals surface area contributed by atoms with Crippen LogP contribution in [-0.4, -0.2) is 42.0 Å². The molecule has 0 radical (unpaired) electrons. The molecule has 0 aliphatic carbocycles. The molecule has 0 amide bonds. The van der Waals surface area contributed by atoms with E-state index in [-0.39, 0.29) is 17.5 Å². The van der Waals surface area contributed by atoms with Crippen molar-refractivity contribution in [2.45, 2.75) is 44.6 Å². The van der Waals surface area contributed by atoms with Gasteiger partial charge in [0.05, 0.1) is 13.2 Å². The first-order valence-electron chi connectivity index (χ1n) is 12.4. The fraction of sp³-hybridized carbons (Fsp3) is 0.345. The van der Waals surface area contributed by atoms with Gasteiger partial charge < -0.3 is 25.0 Å². The van der Waals surface area contributed by atoms with Crippen molar-refractivity contribution < 1.29 is 28.9 Å². The molecule has 1 aliphatic rings. The summed E-state index contributed by atoms with van der Waals surface area (Å²) in [5.41, 5.74) is 3.29. The second kappa shape index (κ2) is 11.9. The van der Waals surface area contributed by atoms with Crippen molar-refractivity contribution in [3.63, 3.8) is 0 Å². The van der Waals surface area contributed by atoms with Gasteiger partial charge in [-0.1, -0.05) is 37.3 Å². The summed E-state index contributed by atoms with van der Waals surface area (Å²) < 4.78 is 25.2. The molecular formula is C29H32FNO5. The normalized spacial score (nSPS) is 17.2. The van der Waals surface area contributed by atoms with E-state index in [9.17, 15) is 19.4 Å². The van der Waals surface area contributed by atoms with Crippen molar-refractivity contribution in [1.82, 2.24) is 5.32 Å². The van der Waals surface area contributed by atoms with Gasteiger partial charge in [-0.05, 0) is 73.2 Å². The largest absolute Gasteiger partial charge is 0.507 e. The Hall–Kier alpha value is -3.58. The van der Waals surface area contributed by atoms with E-state index in [0.717, 1.165) is 48.1 Å². The van der Waals surface area contributed by atoms with Crippen LogP contribution in [0.3, 0.4) is 0 Å². The monoisotopic (exact) mass is 493 g/mol. The zero-order chi connectivity index (χ0) is 25.5. The highest BCUT2D eigenvalue weighted by Gasteiger charge is 2.35. The summed E-state index contributed by atoms with van der Waals surface area (Å²) in [5.74, 6) is 0.192. The van der Waals surface area contributed by atoms with E-state index in [4.69, 9.17) is 9.47 Å². The first-order chi connectivity index (χ1) is 17.5. The SMILES string of the molecule is CCc1cc(-c2ccc(F)cc2)c(O)cc1OCCCCOc1ccccc1C1CCNC1C(=O)O. The Bertz CT molecular complexity index is 1180. The molecule has 7 heteroatoms. The zero-order valence-corrected chi connectivity index (χ0v) is 20.4. The average Bonchev–Trinajstić information content (AvgIpc) is 3.37. The lowest BCUT2D eigenvalue weighted by Crippen LogP contribution is -2.34. The van der Waals surface area contributed by atoms with Crippen LogP contribution in [0.1, 0.15) is 43.2 Å². The van der Waals surface area contributed by atoms with E-state index in [1.807, 2.05) is 37.3 Å². The summed E-state index contributed by atoms with van der Waals surface area (Å²) in [6, 6.07) is 16.6. The molecule has 6 nitrogen and oxygen atoms in total. The molecule has 1 heterocycles. The third-order valence-corrected chi connectivity index (χ3v) is 6.58. The molecule has 0 spiro atoms. The Labute approximate surface area is 210 Å². The zero-order valence-electron chi connectivity index (χ0n) is 20.4. The highest BCUT2D eigenvalue weighted by atomic mass is 19.1. The molecule has 1 fully saturated rings. The van der Waals surface area contributed by atoms with Crippen molar-refractivity contribution in [2.24, 2.45) is 0 Å². The lowest BCUT2D eigenvalue weighted by molar-refractivity contribution is -0.139. The van der Waals surface area contributed by atoms with Crippen LogP contribution >= 0.6 is 0 Å². The third-order valence-electron chi connectivity index (χ3n) is 6.58. The smallest absolute Gasteiger partial charge is 0.321 e. The number of rotatable bonds is 11. The number of phenolic OH excluding ortho intramolecular Hbond substituents is 1. The number of halogens is 1. The van der Waals surface area contributed by atoms with Crippen LogP contribution in [0, 0.1) is 5.82 Å². The molecule has 1 aliphatic heterocycles. The van der Waals surface area contributed by atoms with E-state index in [1.54, 1.807) is 18.2 Å². The quantitative estimate of drug-likeness (QED) is 0.305. The number of aliphatic carboxylic acids is 1. The number of ether oxygens (including phenoxy) is 2. The van der Waals surface area contributed by atoms with Gasteiger partial charge in [-0.25, -0.2) is 4.39 Å². The van der Waals surface area contributed by atoms with Crippen LogP contribution in [0.25, 0.3) is 11.1 Å². The van der Waals surface area contributed by atoms with Crippen molar-refractivity contribution >= 4 is 5.97 Å². The van der Waals surface area contributed by atoms with E-state index >= 15 is 0 Å². The number of carboxylic acid groups (broad SMARTS) is 1. The van der Waals surface area contributed by atoms with Crippen LogP contribution in [-0.2, 0) is 11.2 Å². The Kier molecular flexibility index (Phi) is 8.44. The van der Waals surface area contributed by atoms with Crippen molar-refractivity contribution in [2.75, 3.05) is 19.8 Å². The van der Waals surface area contributed by atoms with Crippen LogP contribution in [0.2, 0.25) is 0 Å². The minimum Gasteiger partial charge on any atom is -0.507 e. The van der Waals surface area contributed by atoms with Gasteiger partial charge in [0.1, 0.15) is 29.1 Å². The lowest BCUT2D eigenvalue weighted by Gasteiger charge is -2.19. The minimum absolute atomic E-state index is 0.0924. The molecule has 0 saturated carbocycles. The molecular weight excluding hydrogens is 461 g/mol. The Morgan fingerprint density at radius 2 is 1.72 bits per heavy atom. The van der Waals surface area contributed by atoms with Gasteiger partial charge in [0.25, 0.3) is 0 Å². The number of para-hydroxylation sites is 1. The topological polar surface area (TPSA) is 88.0 Å². The van der Waals surface area contributed by atoms with Crippen LogP contribution in [0.4, 0.5) is 4.39 Å². The maximum absolute atomic E-state index is 13.3. The summed E-state index contributed by atoms with van der Waals surface area (Å²) in [4.78, 5) is 11.6. The lowest BCUT2D eigenvalue weighted by atomic mass is 9.91. The Morgan fingerprint density at radius 1 is 1.03 bits per heavy atom. The summed E-state index contributed by atoms with van der Waals surface area (Å²) in [6.07, 6.45) is 3.02. The molecule has 36 heavy (non-hydrogen) atoms. The van der Waals surface area contributed by atoms with Crippen molar-refractivity contribution in [3.8, 4) is 28.4 Å². The van der Waals surface area contributed by atoms with Gasteiger partial charge in [0.2, 0.25) is 0 Å². The first-order valence-corrected chi connectivity index (χ1v) is 12.4. The van der Waals surface area contributed by atoms with Gasteiger partial charge in [-0.15, -0.1) is 0 Å². The van der Waals surface area contributed by atoms with Gasteiger partial charge in [-0.3, -0.25) is 4.79 Å². The molecule has 0 bridgehead atoms. The van der Waals surface area contributed by atoms with Gasteiger partial charge >= 0.3 is 5.97 Å². The van der Waals surface area contributed by atoms with Crippen LogP contribution < -0.4 is 14.8 Å². The Morgan fingerprint density at radius 3 is 2.42 bits per heavy atom. The van der Waals surface area contributed by atoms with E-state index in [1.165, 1.54) is 12.1 Å². The summed E-state index contributed by atoms with van der Waals surface area (Å²) in [6.45, 7) is 3.66. The molecule has 3 N–H and O–H groups in total. The molecule has 190 valence electrons. The maximum atomic E-state index is 13.3. The summed E-state index contributed by atoms with van der Waals surface area (Å²) in [7, 11) is 0. The van der Waals surface area contributed by atoms with Gasteiger partial charge in [0.15, 0.2) is 0 Å². The molecule has 1 saturated heterocycles. The molecule has 3 aromatic carbocycles. The number of hydrogen-bond acceptors (Lipinski definition) is 5. The fourth-order valence-corrected chi connectivity index (χ4v) is 4.67. The second-order valence-electron chi connectivity index (χ2n) is 8.94. The number of carboxylic acids is 1. The number of carbonyl (C=O) groups is 1. The minimum atomic E-state index is -0.840. The number of nitrogens with one attached hydrogen (secondary N) is 1. The average molecular weight is 494 g/mol. The van der Waals surface area contributed by atoms with Crippen LogP contribution in [0.15, 0.2) is 60.7 Å². The van der Waals surface area contributed by atoms with E-state index in [0.29, 0.717) is 31.1 Å². The second-order valence-corrected chi connectivity index (χ2v) is 8.94. The fourth-order valence-electron chi connectivity index (χ4n) is 4.67. The summed E-state index contributed by atoms with van der Waals surface area (Å²) >= 11 is 0. The molecule has 0 aromatic heterocycles. The standard InChI is InChI=1S/C29H32FNO5/c1-2-19-17-24(20-9-11-21(30)12-10-20)25(32)18-27(19)36-16-6-5-15-35-26-8-4-3-7-22(26)23-13-14-31-28(23)29(33)34/h3-4,7-12,17-18,23,28,31-32H,2,5-6,13-16H2,1H3,(H,33,34). The van der Waals surface area contributed by atoms with Crippen molar-refractivity contribution in [1.29, 1.82) is 0 Å². The Balaban J connectivity index is 1.30. The number of aromatic hydroxyl groups is 1. The maximum Gasteiger partial charge on any atom is 0.321 e. The van der Waals surface area contributed by atoms with Gasteiger partial charge in [-0.2, -0.15) is 0 Å². The number of hydrogen-bond donors (Lipinski definition) is 3. The van der Waals surface area contributed by atoms with Crippen molar-refractivity contribution in [3.05, 3.63) is 77.6 Å². The first kappa shape index (κ1) is 25.5. The molecule has 2 unspecified atom stereocenters. The number of phenols is 1. The van der Waals surface area contributed by atoms with E-state index < -0.39 is 12.0 Å². The highest BCUT2D eigenvalue weighted by Crippen LogP contribution is 2.36. The number of unbranched alkanes of at least 4 members (excludes halogenated alkanes) is 1. The number of aryl methyl sites for hydroxylation is 1. The predicted octanol–water partition coefficient (Wildman–Crippen LogP) is 5.53. The molecule has 3 aromatic rings. The number of benzene rings is 3.